The van der Waals surface area contributed by atoms with Crippen molar-refractivity contribution in [2.75, 3.05) is 19.6 Å². The van der Waals surface area contributed by atoms with Gasteiger partial charge in [-0.2, -0.15) is 0 Å². The summed E-state index contributed by atoms with van der Waals surface area (Å²) in [5.41, 5.74) is 0.0320. The van der Waals surface area contributed by atoms with E-state index >= 15 is 0 Å². The van der Waals surface area contributed by atoms with E-state index < -0.39 is 23.6 Å². The molecule has 0 saturated carbocycles. The maximum atomic E-state index is 13.1. The molecule has 6 nitrogen and oxygen atoms in total. The molecule has 1 aromatic rings. The third-order valence-corrected chi connectivity index (χ3v) is 3.56. The first-order chi connectivity index (χ1) is 9.97. The number of imide groups is 1. The molecule has 0 aromatic heterocycles. The SMILES string of the molecule is O=C(c1ccc(F)c(F)c1)N1CC(N2C(=O)CNC2=O)C1. The van der Waals surface area contributed by atoms with Gasteiger partial charge in [-0.25, -0.2) is 13.6 Å². The van der Waals surface area contributed by atoms with Gasteiger partial charge in [0.25, 0.3) is 5.91 Å². The molecule has 0 bridgehead atoms. The molecule has 0 aliphatic carbocycles. The Hall–Kier alpha value is -2.51. The molecule has 2 aliphatic heterocycles. The molecule has 1 aromatic carbocycles. The quantitative estimate of drug-likeness (QED) is 0.800. The Morgan fingerprint density at radius 2 is 1.90 bits per heavy atom. The Bertz CT molecular complexity index is 628. The first kappa shape index (κ1) is 13.5. The van der Waals surface area contributed by atoms with Crippen LogP contribution in [0.4, 0.5) is 13.6 Å². The molecule has 8 heteroatoms. The third-order valence-electron chi connectivity index (χ3n) is 3.56. The Labute approximate surface area is 118 Å². The molecule has 1 N–H and O–H groups in total. The first-order valence-electron chi connectivity index (χ1n) is 6.31. The van der Waals surface area contributed by atoms with Crippen molar-refractivity contribution in [3.8, 4) is 0 Å². The molecule has 4 amide bonds. The van der Waals surface area contributed by atoms with Gasteiger partial charge in [0.05, 0.1) is 12.6 Å². The second-order valence-electron chi connectivity index (χ2n) is 4.92. The second kappa shape index (κ2) is 4.80. The van der Waals surface area contributed by atoms with Crippen molar-refractivity contribution in [3.05, 3.63) is 35.4 Å². The fraction of sp³-hybridized carbons (Fsp3) is 0.308. The van der Waals surface area contributed by atoms with E-state index in [1.54, 1.807) is 0 Å². The molecule has 2 saturated heterocycles. The molecule has 0 atom stereocenters. The van der Waals surface area contributed by atoms with Gasteiger partial charge in [-0.05, 0) is 18.2 Å². The van der Waals surface area contributed by atoms with Gasteiger partial charge in [-0.1, -0.05) is 0 Å². The minimum absolute atomic E-state index is 0.0320. The number of benzene rings is 1. The van der Waals surface area contributed by atoms with Crippen molar-refractivity contribution in [1.29, 1.82) is 0 Å². The van der Waals surface area contributed by atoms with Crippen LogP contribution in [0, 0.1) is 11.6 Å². The van der Waals surface area contributed by atoms with Crippen molar-refractivity contribution in [2.45, 2.75) is 6.04 Å². The highest BCUT2D eigenvalue weighted by molar-refractivity contribution is 6.03. The molecular formula is C13H11F2N3O3. The summed E-state index contributed by atoms with van der Waals surface area (Å²) in [5.74, 6) is -2.90. The van der Waals surface area contributed by atoms with Crippen molar-refractivity contribution in [1.82, 2.24) is 15.1 Å². The first-order valence-corrected chi connectivity index (χ1v) is 6.31. The number of amides is 4. The number of hydrogen-bond donors (Lipinski definition) is 1. The normalized spacial score (nSPS) is 18.8. The molecular weight excluding hydrogens is 284 g/mol. The molecule has 2 heterocycles. The Balaban J connectivity index is 1.65. The number of nitrogens with zero attached hydrogens (tertiary/aromatic N) is 2. The van der Waals surface area contributed by atoms with E-state index in [1.807, 2.05) is 0 Å². The van der Waals surface area contributed by atoms with Gasteiger partial charge < -0.3 is 10.2 Å². The fourth-order valence-corrected chi connectivity index (χ4v) is 2.40. The fourth-order valence-electron chi connectivity index (χ4n) is 2.40. The highest BCUT2D eigenvalue weighted by Gasteiger charge is 2.43. The predicted octanol–water partition coefficient (Wildman–Crippen LogP) is 0.341. The molecule has 0 unspecified atom stereocenters. The van der Waals surface area contributed by atoms with Crippen LogP contribution in [0.5, 0.6) is 0 Å². The van der Waals surface area contributed by atoms with Crippen LogP contribution in [0.2, 0.25) is 0 Å². The Morgan fingerprint density at radius 1 is 1.19 bits per heavy atom. The van der Waals surface area contributed by atoms with E-state index in [9.17, 15) is 23.2 Å². The lowest BCUT2D eigenvalue weighted by Crippen LogP contribution is -2.62. The van der Waals surface area contributed by atoms with E-state index in [1.165, 1.54) is 11.0 Å². The lowest BCUT2D eigenvalue weighted by atomic mass is 10.0. The predicted molar refractivity (Wildman–Crippen MR) is 66.3 cm³/mol. The van der Waals surface area contributed by atoms with Gasteiger partial charge in [-0.3, -0.25) is 14.5 Å². The molecule has 0 spiro atoms. The standard InChI is InChI=1S/C13H11F2N3O3/c14-9-2-1-7(3-10(9)15)12(20)17-5-8(6-17)18-11(19)4-16-13(18)21/h1-3,8H,4-6H2,(H,16,21). The molecule has 0 radical (unpaired) electrons. The summed E-state index contributed by atoms with van der Waals surface area (Å²) in [7, 11) is 0. The van der Waals surface area contributed by atoms with Crippen molar-refractivity contribution < 1.29 is 23.2 Å². The van der Waals surface area contributed by atoms with Crippen molar-refractivity contribution >= 4 is 17.8 Å². The highest BCUT2D eigenvalue weighted by atomic mass is 19.2. The van der Waals surface area contributed by atoms with Gasteiger partial charge in [0.1, 0.15) is 0 Å². The number of rotatable bonds is 2. The number of hydrogen-bond acceptors (Lipinski definition) is 3. The zero-order valence-corrected chi connectivity index (χ0v) is 10.8. The van der Waals surface area contributed by atoms with E-state index in [-0.39, 0.29) is 37.1 Å². The van der Waals surface area contributed by atoms with Crippen LogP contribution in [0.3, 0.4) is 0 Å². The van der Waals surface area contributed by atoms with Crippen LogP contribution in [0.15, 0.2) is 18.2 Å². The van der Waals surface area contributed by atoms with Crippen molar-refractivity contribution in [2.24, 2.45) is 0 Å². The Kier molecular flexibility index (Phi) is 3.08. The van der Waals surface area contributed by atoms with Gasteiger partial charge in [-0.15, -0.1) is 0 Å². The summed E-state index contributed by atoms with van der Waals surface area (Å²) < 4.78 is 25.9. The molecule has 2 aliphatic rings. The number of carbonyl (C=O) groups excluding carboxylic acids is 3. The van der Waals surface area contributed by atoms with Crippen molar-refractivity contribution in [3.63, 3.8) is 0 Å². The minimum atomic E-state index is -1.09. The van der Waals surface area contributed by atoms with E-state index in [4.69, 9.17) is 0 Å². The highest BCUT2D eigenvalue weighted by Crippen LogP contribution is 2.20. The molecule has 2 fully saturated rings. The van der Waals surface area contributed by atoms with Crippen LogP contribution in [0.25, 0.3) is 0 Å². The maximum Gasteiger partial charge on any atom is 0.324 e. The third kappa shape index (κ3) is 2.22. The van der Waals surface area contributed by atoms with Crippen LogP contribution in [-0.2, 0) is 4.79 Å². The van der Waals surface area contributed by atoms with Crippen LogP contribution in [0.1, 0.15) is 10.4 Å². The van der Waals surface area contributed by atoms with E-state index in [0.717, 1.165) is 17.0 Å². The smallest absolute Gasteiger partial charge is 0.324 e. The van der Waals surface area contributed by atoms with Gasteiger partial charge in [0.2, 0.25) is 5.91 Å². The summed E-state index contributed by atoms with van der Waals surface area (Å²) in [6.45, 7) is 0.348. The lowest BCUT2D eigenvalue weighted by molar-refractivity contribution is -0.128. The van der Waals surface area contributed by atoms with Crippen LogP contribution in [-0.4, -0.2) is 53.3 Å². The zero-order valence-electron chi connectivity index (χ0n) is 10.8. The van der Waals surface area contributed by atoms with Gasteiger partial charge >= 0.3 is 6.03 Å². The topological polar surface area (TPSA) is 69.7 Å². The summed E-state index contributed by atoms with van der Waals surface area (Å²) in [6, 6.07) is 2.08. The van der Waals surface area contributed by atoms with Gasteiger partial charge in [0.15, 0.2) is 11.6 Å². The largest absolute Gasteiger partial charge is 0.334 e. The maximum absolute atomic E-state index is 13.1. The summed E-state index contributed by atoms with van der Waals surface area (Å²) in [5, 5.41) is 2.40. The number of nitrogens with one attached hydrogen (secondary N) is 1. The van der Waals surface area contributed by atoms with Crippen LogP contribution >= 0.6 is 0 Å². The molecule has 110 valence electrons. The summed E-state index contributed by atoms with van der Waals surface area (Å²) >= 11 is 0. The average Bonchev–Trinajstić information content (AvgIpc) is 2.72. The average molecular weight is 295 g/mol. The number of likely N-dealkylation sites (tertiary alicyclic amines) is 1. The molecule has 3 rings (SSSR count). The summed E-state index contributed by atoms with van der Waals surface area (Å²) in [6.07, 6.45) is 0. The number of carbonyl (C=O) groups is 3. The Morgan fingerprint density at radius 3 is 2.48 bits per heavy atom. The lowest BCUT2D eigenvalue weighted by Gasteiger charge is -2.42. The van der Waals surface area contributed by atoms with Gasteiger partial charge in [0, 0.05) is 18.7 Å². The molecule has 21 heavy (non-hydrogen) atoms. The number of halogens is 2. The van der Waals surface area contributed by atoms with E-state index in [2.05, 4.69) is 5.32 Å². The zero-order chi connectivity index (χ0) is 15.1. The second-order valence-corrected chi connectivity index (χ2v) is 4.92. The van der Waals surface area contributed by atoms with E-state index in [0.29, 0.717) is 0 Å². The number of urea groups is 1. The minimum Gasteiger partial charge on any atom is -0.334 e. The summed E-state index contributed by atoms with van der Waals surface area (Å²) in [4.78, 5) is 37.5. The van der Waals surface area contributed by atoms with Crippen LogP contribution < -0.4 is 5.32 Å². The monoisotopic (exact) mass is 295 g/mol.